The summed E-state index contributed by atoms with van der Waals surface area (Å²) in [5, 5.41) is 13.8. The Morgan fingerprint density at radius 1 is 1.25 bits per heavy atom. The Labute approximate surface area is 122 Å². The largest absolute Gasteiger partial charge is 0.496 e. The number of hydrogen-bond donors (Lipinski definition) is 2. The third kappa shape index (κ3) is 4.22. The Kier molecular flexibility index (Phi) is 5.86. The molecule has 0 aromatic heterocycles. The van der Waals surface area contributed by atoms with Crippen LogP contribution in [0.1, 0.15) is 44.6 Å². The van der Waals surface area contributed by atoms with Crippen LogP contribution in [-0.4, -0.2) is 30.4 Å². The second-order valence-electron chi connectivity index (χ2n) is 5.90. The first-order chi connectivity index (χ1) is 9.70. The van der Waals surface area contributed by atoms with Crippen molar-refractivity contribution in [1.82, 2.24) is 5.32 Å². The zero-order valence-corrected chi connectivity index (χ0v) is 12.6. The Hall–Kier alpha value is -1.06. The summed E-state index contributed by atoms with van der Waals surface area (Å²) >= 11 is 0. The highest BCUT2D eigenvalue weighted by Crippen LogP contribution is 2.21. The molecule has 3 unspecified atom stereocenters. The summed E-state index contributed by atoms with van der Waals surface area (Å²) in [4.78, 5) is 0. The molecule has 0 saturated heterocycles. The maximum atomic E-state index is 10.2. The zero-order chi connectivity index (χ0) is 14.4. The first kappa shape index (κ1) is 15.3. The van der Waals surface area contributed by atoms with E-state index in [9.17, 15) is 5.11 Å². The van der Waals surface area contributed by atoms with Crippen LogP contribution in [0, 0.1) is 0 Å². The van der Waals surface area contributed by atoms with E-state index in [1.165, 1.54) is 18.4 Å². The van der Waals surface area contributed by atoms with Crippen LogP contribution < -0.4 is 10.1 Å². The molecule has 0 amide bonds. The standard InChI is InChI=1S/C17H27NO2/c1-13(12-14-8-6-7-11-17(14)20-2)18-15-9-4-3-5-10-16(15)19/h6-8,11,13,15-16,18-19H,3-5,9-10,12H2,1-2H3. The van der Waals surface area contributed by atoms with Crippen molar-refractivity contribution >= 4 is 0 Å². The summed E-state index contributed by atoms with van der Waals surface area (Å²) < 4.78 is 5.40. The second kappa shape index (κ2) is 7.65. The average molecular weight is 277 g/mol. The first-order valence-corrected chi connectivity index (χ1v) is 7.76. The van der Waals surface area contributed by atoms with Crippen molar-refractivity contribution in [2.24, 2.45) is 0 Å². The van der Waals surface area contributed by atoms with E-state index in [1.54, 1.807) is 7.11 Å². The number of benzene rings is 1. The molecule has 0 radical (unpaired) electrons. The molecule has 1 saturated carbocycles. The van der Waals surface area contributed by atoms with E-state index in [0.717, 1.165) is 31.4 Å². The van der Waals surface area contributed by atoms with Gasteiger partial charge in [0.2, 0.25) is 0 Å². The van der Waals surface area contributed by atoms with Crippen molar-refractivity contribution < 1.29 is 9.84 Å². The SMILES string of the molecule is COc1ccccc1CC(C)NC1CCCCCC1O. The van der Waals surface area contributed by atoms with Gasteiger partial charge in [-0.05, 0) is 37.8 Å². The van der Waals surface area contributed by atoms with Crippen LogP contribution in [0.5, 0.6) is 5.75 Å². The smallest absolute Gasteiger partial charge is 0.122 e. The molecule has 0 bridgehead atoms. The molecule has 1 aliphatic rings. The van der Waals surface area contributed by atoms with Crippen molar-refractivity contribution in [3.63, 3.8) is 0 Å². The van der Waals surface area contributed by atoms with Gasteiger partial charge in [-0.1, -0.05) is 37.5 Å². The number of rotatable bonds is 5. The van der Waals surface area contributed by atoms with E-state index >= 15 is 0 Å². The normalized spacial score (nSPS) is 24.9. The molecular formula is C17H27NO2. The second-order valence-corrected chi connectivity index (χ2v) is 5.90. The van der Waals surface area contributed by atoms with Gasteiger partial charge < -0.3 is 15.2 Å². The van der Waals surface area contributed by atoms with E-state index in [4.69, 9.17) is 4.74 Å². The highest BCUT2D eigenvalue weighted by molar-refractivity contribution is 5.33. The Morgan fingerprint density at radius 3 is 2.80 bits per heavy atom. The minimum Gasteiger partial charge on any atom is -0.496 e. The molecule has 0 aliphatic heterocycles. The number of nitrogens with one attached hydrogen (secondary N) is 1. The zero-order valence-electron chi connectivity index (χ0n) is 12.6. The van der Waals surface area contributed by atoms with Gasteiger partial charge in [-0.2, -0.15) is 0 Å². The van der Waals surface area contributed by atoms with Gasteiger partial charge >= 0.3 is 0 Å². The predicted octanol–water partition coefficient (Wildman–Crippen LogP) is 2.91. The fourth-order valence-electron chi connectivity index (χ4n) is 3.11. The fraction of sp³-hybridized carbons (Fsp3) is 0.647. The van der Waals surface area contributed by atoms with Crippen molar-refractivity contribution in [3.05, 3.63) is 29.8 Å². The summed E-state index contributed by atoms with van der Waals surface area (Å²) in [6.45, 7) is 2.18. The lowest BCUT2D eigenvalue weighted by Gasteiger charge is -2.26. The highest BCUT2D eigenvalue weighted by atomic mass is 16.5. The van der Waals surface area contributed by atoms with Crippen LogP contribution in [0.2, 0.25) is 0 Å². The van der Waals surface area contributed by atoms with Crippen LogP contribution in [-0.2, 0) is 6.42 Å². The molecule has 2 N–H and O–H groups in total. The highest BCUT2D eigenvalue weighted by Gasteiger charge is 2.23. The molecule has 0 heterocycles. The quantitative estimate of drug-likeness (QED) is 0.813. The van der Waals surface area contributed by atoms with Crippen LogP contribution >= 0.6 is 0 Å². The number of aliphatic hydroxyl groups excluding tert-OH is 1. The van der Waals surface area contributed by atoms with Gasteiger partial charge in [0.1, 0.15) is 5.75 Å². The minimum atomic E-state index is -0.197. The average Bonchev–Trinajstić information content (AvgIpc) is 2.65. The first-order valence-electron chi connectivity index (χ1n) is 7.76. The Morgan fingerprint density at radius 2 is 2.00 bits per heavy atom. The van der Waals surface area contributed by atoms with Gasteiger partial charge in [-0.25, -0.2) is 0 Å². The number of para-hydroxylation sites is 1. The number of methoxy groups -OCH3 is 1. The van der Waals surface area contributed by atoms with E-state index < -0.39 is 0 Å². The molecule has 112 valence electrons. The molecule has 2 rings (SSSR count). The number of hydrogen-bond acceptors (Lipinski definition) is 3. The molecule has 3 heteroatoms. The maximum Gasteiger partial charge on any atom is 0.122 e. The van der Waals surface area contributed by atoms with Gasteiger partial charge in [-0.3, -0.25) is 0 Å². The van der Waals surface area contributed by atoms with Crippen LogP contribution in [0.4, 0.5) is 0 Å². The third-order valence-corrected chi connectivity index (χ3v) is 4.20. The topological polar surface area (TPSA) is 41.5 Å². The van der Waals surface area contributed by atoms with Crippen LogP contribution in [0.3, 0.4) is 0 Å². The van der Waals surface area contributed by atoms with Gasteiger partial charge in [0.25, 0.3) is 0 Å². The van der Waals surface area contributed by atoms with Crippen LogP contribution in [0.15, 0.2) is 24.3 Å². The third-order valence-electron chi connectivity index (χ3n) is 4.20. The summed E-state index contributed by atoms with van der Waals surface area (Å²) in [6, 6.07) is 8.73. The number of ether oxygens (including phenoxy) is 1. The van der Waals surface area contributed by atoms with Crippen molar-refractivity contribution in [2.45, 2.75) is 63.6 Å². The van der Waals surface area contributed by atoms with E-state index in [1.807, 2.05) is 18.2 Å². The molecule has 1 aliphatic carbocycles. The van der Waals surface area contributed by atoms with Gasteiger partial charge in [-0.15, -0.1) is 0 Å². The maximum absolute atomic E-state index is 10.2. The fourth-order valence-corrected chi connectivity index (χ4v) is 3.11. The molecule has 1 aromatic rings. The predicted molar refractivity (Wildman–Crippen MR) is 82.2 cm³/mol. The Balaban J connectivity index is 1.92. The van der Waals surface area contributed by atoms with Crippen molar-refractivity contribution in [3.8, 4) is 5.75 Å². The summed E-state index contributed by atoms with van der Waals surface area (Å²) in [5.74, 6) is 0.947. The molecule has 3 atom stereocenters. The van der Waals surface area contributed by atoms with Gasteiger partial charge in [0, 0.05) is 12.1 Å². The lowest BCUT2D eigenvalue weighted by atomic mass is 10.0. The van der Waals surface area contributed by atoms with Gasteiger partial charge in [0.15, 0.2) is 0 Å². The lowest BCUT2D eigenvalue weighted by molar-refractivity contribution is 0.114. The monoisotopic (exact) mass is 277 g/mol. The van der Waals surface area contributed by atoms with E-state index in [-0.39, 0.29) is 12.1 Å². The molecule has 0 spiro atoms. The van der Waals surface area contributed by atoms with Crippen molar-refractivity contribution in [1.29, 1.82) is 0 Å². The molecule has 20 heavy (non-hydrogen) atoms. The lowest BCUT2D eigenvalue weighted by Crippen LogP contribution is -2.44. The summed E-state index contributed by atoms with van der Waals surface area (Å²) in [7, 11) is 1.71. The molecular weight excluding hydrogens is 250 g/mol. The minimum absolute atomic E-state index is 0.197. The molecule has 1 fully saturated rings. The van der Waals surface area contributed by atoms with E-state index in [2.05, 4.69) is 18.3 Å². The van der Waals surface area contributed by atoms with Crippen molar-refractivity contribution in [2.75, 3.05) is 7.11 Å². The number of aliphatic hydroxyl groups is 1. The summed E-state index contributed by atoms with van der Waals surface area (Å²) in [5.41, 5.74) is 1.22. The summed E-state index contributed by atoms with van der Waals surface area (Å²) in [6.07, 6.45) is 6.36. The van der Waals surface area contributed by atoms with Crippen LogP contribution in [0.25, 0.3) is 0 Å². The van der Waals surface area contributed by atoms with Gasteiger partial charge in [0.05, 0.1) is 13.2 Å². The molecule has 1 aromatic carbocycles. The Bertz CT molecular complexity index is 408. The molecule has 3 nitrogen and oxygen atoms in total. The van der Waals surface area contributed by atoms with E-state index in [0.29, 0.717) is 6.04 Å².